The van der Waals surface area contributed by atoms with E-state index in [4.69, 9.17) is 19.3 Å². The number of carboxylic acid groups (broad SMARTS) is 1. The van der Waals surface area contributed by atoms with Gasteiger partial charge in [0.05, 0.1) is 30.4 Å². The van der Waals surface area contributed by atoms with Crippen LogP contribution in [0.15, 0.2) is 42.5 Å². The van der Waals surface area contributed by atoms with Gasteiger partial charge in [-0.1, -0.05) is 33.3 Å². The molecule has 1 saturated carbocycles. The maximum Gasteiger partial charge on any atom is 0.329 e. The van der Waals surface area contributed by atoms with Gasteiger partial charge in [-0.25, -0.2) is 9.18 Å². The lowest BCUT2D eigenvalue weighted by Crippen LogP contribution is -2.46. The van der Waals surface area contributed by atoms with E-state index in [0.717, 1.165) is 72.1 Å². The Kier molecular flexibility index (Phi) is 7.03. The number of carboxylic acids is 1. The number of rotatable bonds is 8. The fourth-order valence-corrected chi connectivity index (χ4v) is 5.96. The molecule has 6 nitrogen and oxygen atoms in total. The Labute approximate surface area is 217 Å². The summed E-state index contributed by atoms with van der Waals surface area (Å²) in [5, 5.41) is 10.1. The minimum Gasteiger partial charge on any atom is -0.493 e. The van der Waals surface area contributed by atoms with E-state index in [9.17, 15) is 9.18 Å². The summed E-state index contributed by atoms with van der Waals surface area (Å²) >= 11 is 0. The third-order valence-electron chi connectivity index (χ3n) is 7.78. The average molecular weight is 510 g/mol. The first-order valence-corrected chi connectivity index (χ1v) is 13.3. The first-order chi connectivity index (χ1) is 17.8. The van der Waals surface area contributed by atoms with Gasteiger partial charge in [0, 0.05) is 27.7 Å². The predicted molar refractivity (Wildman–Crippen MR) is 140 cm³/mol. The highest BCUT2D eigenvalue weighted by Crippen LogP contribution is 2.55. The number of benzene rings is 2. The molecular weight excluding hydrogens is 473 g/mol. The van der Waals surface area contributed by atoms with Crippen molar-refractivity contribution in [2.45, 2.75) is 76.4 Å². The Hall–Kier alpha value is -2.90. The van der Waals surface area contributed by atoms with E-state index in [-0.39, 0.29) is 23.9 Å². The monoisotopic (exact) mass is 509 g/mol. The number of aromatic nitrogens is 1. The summed E-state index contributed by atoms with van der Waals surface area (Å²) in [4.78, 5) is 11.0. The number of hydrogen-bond donors (Lipinski definition) is 1. The summed E-state index contributed by atoms with van der Waals surface area (Å²) in [5.41, 5.74) is 3.41. The van der Waals surface area contributed by atoms with E-state index < -0.39 is 11.6 Å². The highest BCUT2D eigenvalue weighted by Gasteiger charge is 2.50. The number of nitrogens with zero attached hydrogens (tertiary/aromatic N) is 1. The molecule has 1 fully saturated rings. The van der Waals surface area contributed by atoms with Crippen LogP contribution in [-0.4, -0.2) is 41.6 Å². The summed E-state index contributed by atoms with van der Waals surface area (Å²) in [6.07, 6.45) is 4.80. The van der Waals surface area contributed by atoms with Crippen LogP contribution in [0.25, 0.3) is 16.6 Å². The Balaban J connectivity index is 1.69. The van der Waals surface area contributed by atoms with Crippen molar-refractivity contribution in [1.82, 2.24) is 4.57 Å². The Morgan fingerprint density at radius 3 is 2.57 bits per heavy atom. The molecule has 0 unspecified atom stereocenters. The van der Waals surface area contributed by atoms with Gasteiger partial charge in [0.25, 0.3) is 0 Å². The Morgan fingerprint density at radius 2 is 1.89 bits per heavy atom. The van der Waals surface area contributed by atoms with Crippen molar-refractivity contribution < 1.29 is 28.5 Å². The number of fused-ring (bicyclic) bond motifs is 4. The van der Waals surface area contributed by atoms with Crippen molar-refractivity contribution in [1.29, 1.82) is 0 Å². The van der Waals surface area contributed by atoms with Crippen LogP contribution in [0.1, 0.15) is 70.6 Å². The minimum atomic E-state index is -0.950. The summed E-state index contributed by atoms with van der Waals surface area (Å²) in [6.45, 7) is 7.43. The van der Waals surface area contributed by atoms with E-state index in [0.29, 0.717) is 13.2 Å². The van der Waals surface area contributed by atoms with Crippen LogP contribution in [0.2, 0.25) is 0 Å². The highest BCUT2D eigenvalue weighted by molar-refractivity contribution is 5.94. The van der Waals surface area contributed by atoms with Crippen molar-refractivity contribution in [3.05, 3.63) is 59.5 Å². The summed E-state index contributed by atoms with van der Waals surface area (Å²) < 4.78 is 35.0. The van der Waals surface area contributed by atoms with Crippen LogP contribution >= 0.6 is 0 Å². The summed E-state index contributed by atoms with van der Waals surface area (Å²) in [6, 6.07) is 12.8. The van der Waals surface area contributed by atoms with Crippen LogP contribution < -0.4 is 4.74 Å². The molecule has 1 N–H and O–H groups in total. The first kappa shape index (κ1) is 25.7. The van der Waals surface area contributed by atoms with E-state index in [2.05, 4.69) is 31.4 Å². The molecule has 0 amide bonds. The van der Waals surface area contributed by atoms with Gasteiger partial charge in [0.2, 0.25) is 0 Å². The second-order valence-corrected chi connectivity index (χ2v) is 11.0. The maximum absolute atomic E-state index is 13.9. The largest absolute Gasteiger partial charge is 0.493 e. The molecule has 5 rings (SSSR count). The zero-order valence-corrected chi connectivity index (χ0v) is 21.9. The van der Waals surface area contributed by atoms with Crippen LogP contribution in [0.4, 0.5) is 4.39 Å². The number of aliphatic carboxylic acids is 1. The lowest BCUT2D eigenvalue weighted by Gasteiger charge is -2.47. The molecule has 1 spiro atoms. The van der Waals surface area contributed by atoms with Crippen molar-refractivity contribution >= 4 is 16.9 Å². The van der Waals surface area contributed by atoms with Crippen molar-refractivity contribution in [2.75, 3.05) is 19.8 Å². The summed E-state index contributed by atoms with van der Waals surface area (Å²) in [7, 11) is 0. The van der Waals surface area contributed by atoms with E-state index in [1.165, 1.54) is 12.1 Å². The fourth-order valence-electron chi connectivity index (χ4n) is 5.96. The van der Waals surface area contributed by atoms with Gasteiger partial charge in [0.15, 0.2) is 0 Å². The lowest BCUT2D eigenvalue weighted by atomic mass is 9.71. The Morgan fingerprint density at radius 1 is 1.16 bits per heavy atom. The zero-order valence-electron chi connectivity index (χ0n) is 21.9. The van der Waals surface area contributed by atoms with Gasteiger partial charge in [-0.2, -0.15) is 0 Å². The van der Waals surface area contributed by atoms with Gasteiger partial charge in [-0.05, 0) is 68.5 Å². The SMILES string of the molecule is CCCCOc1cccc2c1c1c(n2-c2ccc(F)cc2)C(C)(C)COC12CCC(OCC(=O)O)CC2. The van der Waals surface area contributed by atoms with E-state index >= 15 is 0 Å². The van der Waals surface area contributed by atoms with Crippen molar-refractivity contribution in [3.63, 3.8) is 0 Å². The molecule has 1 aliphatic heterocycles. The smallest absolute Gasteiger partial charge is 0.329 e. The second-order valence-electron chi connectivity index (χ2n) is 11.0. The standard InChI is InChI=1S/C30H36FNO5/c1-4-5-17-35-24-8-6-7-23-26(24)27-28(32(23)21-11-9-20(31)10-12-21)29(2,3)19-37-30(27)15-13-22(14-16-30)36-18-25(33)34/h6-12,22H,4-5,13-19H2,1-3H3,(H,33,34). The molecule has 7 heteroatoms. The van der Waals surface area contributed by atoms with Crippen molar-refractivity contribution in [2.24, 2.45) is 0 Å². The molecule has 37 heavy (non-hydrogen) atoms. The molecule has 2 heterocycles. The molecule has 2 aliphatic rings. The molecule has 198 valence electrons. The van der Waals surface area contributed by atoms with Crippen LogP contribution in [0.5, 0.6) is 5.75 Å². The molecule has 0 saturated heterocycles. The number of halogens is 1. The first-order valence-electron chi connectivity index (χ1n) is 13.3. The molecule has 0 radical (unpaired) electrons. The third-order valence-corrected chi connectivity index (χ3v) is 7.78. The van der Waals surface area contributed by atoms with Crippen LogP contribution in [0, 0.1) is 5.82 Å². The highest BCUT2D eigenvalue weighted by atomic mass is 19.1. The molecular formula is C30H36FNO5. The number of ether oxygens (including phenoxy) is 3. The lowest BCUT2D eigenvalue weighted by molar-refractivity contribution is -0.150. The zero-order chi connectivity index (χ0) is 26.2. The van der Waals surface area contributed by atoms with Gasteiger partial charge >= 0.3 is 5.97 Å². The van der Waals surface area contributed by atoms with Gasteiger partial charge in [-0.15, -0.1) is 0 Å². The van der Waals surface area contributed by atoms with E-state index in [1.54, 1.807) is 0 Å². The number of hydrogen-bond acceptors (Lipinski definition) is 4. The van der Waals surface area contributed by atoms with Crippen molar-refractivity contribution in [3.8, 4) is 11.4 Å². The molecule has 1 aliphatic carbocycles. The van der Waals surface area contributed by atoms with Gasteiger partial charge < -0.3 is 23.9 Å². The van der Waals surface area contributed by atoms with Gasteiger partial charge in [0.1, 0.15) is 18.2 Å². The minimum absolute atomic E-state index is 0.102. The predicted octanol–water partition coefficient (Wildman–Crippen LogP) is 6.50. The normalized spacial score (nSPS) is 22.8. The second kappa shape index (κ2) is 10.1. The quantitative estimate of drug-likeness (QED) is 0.351. The molecule has 0 atom stereocenters. The molecule has 0 bridgehead atoms. The van der Waals surface area contributed by atoms with E-state index in [1.807, 2.05) is 24.3 Å². The van der Waals surface area contributed by atoms with Gasteiger partial charge in [-0.3, -0.25) is 0 Å². The number of unbranched alkanes of at least 4 members (excludes halogenated alkanes) is 1. The average Bonchev–Trinajstić information content (AvgIpc) is 3.25. The molecule has 3 aromatic rings. The Bertz CT molecular complexity index is 1270. The van der Waals surface area contributed by atoms with Crippen LogP contribution in [0.3, 0.4) is 0 Å². The summed E-state index contributed by atoms with van der Waals surface area (Å²) in [5.74, 6) is -0.376. The molecule has 1 aromatic heterocycles. The topological polar surface area (TPSA) is 69.9 Å². The maximum atomic E-state index is 13.9. The third kappa shape index (κ3) is 4.75. The molecule has 2 aromatic carbocycles. The van der Waals surface area contributed by atoms with Crippen LogP contribution in [-0.2, 0) is 25.3 Å². The number of carbonyl (C=O) groups is 1. The fraction of sp³-hybridized carbons (Fsp3) is 0.500.